The van der Waals surface area contributed by atoms with Crippen LogP contribution in [0.3, 0.4) is 0 Å². The number of esters is 1. The molecule has 0 spiro atoms. The summed E-state index contributed by atoms with van der Waals surface area (Å²) < 4.78 is 35.5. The standard InChI is InChI=1S/C22H24N2O3S.C7H8O3S/c1-14(2)18(24-20(25)17(23)21(24)28-3)22(26)27-19(15-10-6-4-7-11-15)16-12-8-5-9-13-16;1-6-2-4-7(5-3-6)11(8,9)10/h4-13,17,19,21H,23H2,1-3H3;2-5H,1H3,(H,8,9,10)/t17-,21-;/m1./s1. The molecule has 0 aliphatic carbocycles. The average Bonchev–Trinajstić information content (AvgIpc) is 2.92. The van der Waals surface area contributed by atoms with Crippen LogP contribution in [-0.2, 0) is 24.4 Å². The normalized spacial score (nSPS) is 16.6. The van der Waals surface area contributed by atoms with Crippen LogP contribution in [0.2, 0.25) is 0 Å². The van der Waals surface area contributed by atoms with Crippen molar-refractivity contribution in [3.05, 3.63) is 113 Å². The molecule has 8 nitrogen and oxygen atoms in total. The molecule has 39 heavy (non-hydrogen) atoms. The van der Waals surface area contributed by atoms with E-state index in [2.05, 4.69) is 0 Å². The molecule has 1 amide bonds. The minimum absolute atomic E-state index is 0.0666. The number of nitrogens with zero attached hydrogens (tertiary/aromatic N) is 1. The van der Waals surface area contributed by atoms with Crippen LogP contribution in [0.4, 0.5) is 0 Å². The number of nitrogens with two attached hydrogens (primary N) is 1. The largest absolute Gasteiger partial charge is 0.448 e. The van der Waals surface area contributed by atoms with Gasteiger partial charge in [0.2, 0.25) is 5.91 Å². The highest BCUT2D eigenvalue weighted by Gasteiger charge is 2.48. The molecule has 1 fully saturated rings. The molecular weight excluding hydrogens is 536 g/mol. The molecule has 206 valence electrons. The van der Waals surface area contributed by atoms with E-state index in [1.54, 1.807) is 26.0 Å². The molecule has 1 aliphatic rings. The zero-order chi connectivity index (χ0) is 28.7. The first-order valence-corrected chi connectivity index (χ1v) is 14.8. The van der Waals surface area contributed by atoms with Gasteiger partial charge >= 0.3 is 5.97 Å². The molecule has 2 atom stereocenters. The third-order valence-corrected chi connectivity index (χ3v) is 7.84. The fourth-order valence-electron chi connectivity index (χ4n) is 3.98. The van der Waals surface area contributed by atoms with Gasteiger partial charge in [0.1, 0.15) is 17.1 Å². The summed E-state index contributed by atoms with van der Waals surface area (Å²) in [5.74, 6) is -0.791. The summed E-state index contributed by atoms with van der Waals surface area (Å²) in [6.07, 6.45) is 1.30. The molecular formula is C29H32N2O6S2. The minimum Gasteiger partial charge on any atom is -0.448 e. The second-order valence-corrected chi connectivity index (χ2v) is 11.5. The highest BCUT2D eigenvalue weighted by molar-refractivity contribution is 7.99. The van der Waals surface area contributed by atoms with E-state index in [1.807, 2.05) is 73.8 Å². The maximum atomic E-state index is 13.2. The number of carbonyl (C=O) groups excluding carboxylic acids is 2. The molecule has 4 rings (SSSR count). The summed E-state index contributed by atoms with van der Waals surface area (Å²) in [7, 11) is -4.02. The molecule has 0 saturated carbocycles. The van der Waals surface area contributed by atoms with Gasteiger partial charge in [0.15, 0.2) is 6.10 Å². The second kappa shape index (κ2) is 13.1. The van der Waals surface area contributed by atoms with Crippen LogP contribution in [-0.4, -0.2) is 47.4 Å². The number of amides is 1. The maximum absolute atomic E-state index is 13.2. The molecule has 3 N–H and O–H groups in total. The van der Waals surface area contributed by atoms with Crippen molar-refractivity contribution >= 4 is 33.8 Å². The maximum Gasteiger partial charge on any atom is 0.355 e. The van der Waals surface area contributed by atoms with E-state index in [0.29, 0.717) is 5.57 Å². The Morgan fingerprint density at radius 1 is 0.949 bits per heavy atom. The van der Waals surface area contributed by atoms with Crippen LogP contribution in [0.5, 0.6) is 0 Å². The lowest BCUT2D eigenvalue weighted by Gasteiger charge is -2.45. The molecule has 0 unspecified atom stereocenters. The Morgan fingerprint density at radius 3 is 1.85 bits per heavy atom. The van der Waals surface area contributed by atoms with Gasteiger partial charge < -0.3 is 10.5 Å². The highest BCUT2D eigenvalue weighted by atomic mass is 32.2. The van der Waals surface area contributed by atoms with Crippen LogP contribution in [0.1, 0.15) is 36.6 Å². The van der Waals surface area contributed by atoms with Gasteiger partial charge in [0.25, 0.3) is 10.1 Å². The summed E-state index contributed by atoms with van der Waals surface area (Å²) in [5.41, 5.74) is 9.56. The Kier molecular flexibility index (Phi) is 10.1. The Hall–Kier alpha value is -3.44. The first-order valence-electron chi connectivity index (χ1n) is 12.1. The van der Waals surface area contributed by atoms with Crippen molar-refractivity contribution in [2.24, 2.45) is 5.73 Å². The molecule has 0 bridgehead atoms. The van der Waals surface area contributed by atoms with E-state index in [-0.39, 0.29) is 21.9 Å². The van der Waals surface area contributed by atoms with Crippen molar-refractivity contribution in [1.82, 2.24) is 4.90 Å². The van der Waals surface area contributed by atoms with Gasteiger partial charge in [0.05, 0.1) is 4.90 Å². The van der Waals surface area contributed by atoms with Gasteiger partial charge in [-0.1, -0.05) is 78.4 Å². The van der Waals surface area contributed by atoms with Gasteiger partial charge in [-0.05, 0) is 55.9 Å². The first-order chi connectivity index (χ1) is 18.5. The van der Waals surface area contributed by atoms with Crippen LogP contribution in [0.25, 0.3) is 0 Å². The molecule has 1 saturated heterocycles. The number of β-lactam (4-membered cyclic amide) rings is 1. The molecule has 0 radical (unpaired) electrons. The van der Waals surface area contributed by atoms with Crippen molar-refractivity contribution < 1.29 is 27.3 Å². The molecule has 10 heteroatoms. The average molecular weight is 569 g/mol. The first kappa shape index (κ1) is 30.1. The zero-order valence-electron chi connectivity index (χ0n) is 22.1. The van der Waals surface area contributed by atoms with Gasteiger partial charge in [-0.3, -0.25) is 14.2 Å². The number of aryl methyl sites for hydroxylation is 1. The number of ether oxygens (including phenoxy) is 1. The van der Waals surface area contributed by atoms with Gasteiger partial charge in [0, 0.05) is 0 Å². The number of likely N-dealkylation sites (tertiary alicyclic amines) is 1. The van der Waals surface area contributed by atoms with Crippen LogP contribution in [0, 0.1) is 6.92 Å². The van der Waals surface area contributed by atoms with Crippen LogP contribution in [0.15, 0.2) is 101 Å². The van der Waals surface area contributed by atoms with Crippen molar-refractivity contribution in [3.8, 4) is 0 Å². The van der Waals surface area contributed by atoms with E-state index in [4.69, 9.17) is 15.0 Å². The lowest BCUT2D eigenvalue weighted by atomic mass is 10.0. The summed E-state index contributed by atoms with van der Waals surface area (Å²) >= 11 is 1.44. The quantitative estimate of drug-likeness (QED) is 0.182. The third kappa shape index (κ3) is 7.36. The number of thioether (sulfide) groups is 1. The van der Waals surface area contributed by atoms with Gasteiger partial charge in [-0.2, -0.15) is 8.42 Å². The Balaban J connectivity index is 0.000000320. The topological polar surface area (TPSA) is 127 Å². The van der Waals surface area contributed by atoms with Crippen LogP contribution >= 0.6 is 11.8 Å². The summed E-state index contributed by atoms with van der Waals surface area (Å²) in [6, 6.07) is 24.5. The molecule has 3 aromatic rings. The molecule has 3 aromatic carbocycles. The van der Waals surface area contributed by atoms with E-state index in [9.17, 15) is 18.0 Å². The number of benzene rings is 3. The third-order valence-electron chi connectivity index (χ3n) is 5.98. The molecule has 1 aliphatic heterocycles. The van der Waals surface area contributed by atoms with Gasteiger partial charge in [-0.25, -0.2) is 4.79 Å². The Bertz CT molecular complexity index is 1380. The summed E-state index contributed by atoms with van der Waals surface area (Å²) in [5, 5.41) is -0.267. The summed E-state index contributed by atoms with van der Waals surface area (Å²) in [4.78, 5) is 26.9. The van der Waals surface area contributed by atoms with E-state index < -0.39 is 28.2 Å². The molecule has 1 heterocycles. The summed E-state index contributed by atoms with van der Waals surface area (Å²) in [6.45, 7) is 5.43. The van der Waals surface area contributed by atoms with E-state index in [0.717, 1.165) is 16.7 Å². The van der Waals surface area contributed by atoms with Crippen molar-refractivity contribution in [2.45, 2.75) is 43.2 Å². The lowest BCUT2D eigenvalue weighted by molar-refractivity contribution is -0.152. The van der Waals surface area contributed by atoms with Crippen molar-refractivity contribution in [2.75, 3.05) is 6.26 Å². The second-order valence-electron chi connectivity index (χ2n) is 9.10. The molecule has 0 aromatic heterocycles. The van der Waals surface area contributed by atoms with Crippen LogP contribution < -0.4 is 5.73 Å². The highest BCUT2D eigenvalue weighted by Crippen LogP contribution is 2.34. The number of hydrogen-bond donors (Lipinski definition) is 2. The van der Waals surface area contributed by atoms with Crippen molar-refractivity contribution in [1.29, 1.82) is 0 Å². The van der Waals surface area contributed by atoms with Gasteiger partial charge in [-0.15, -0.1) is 11.8 Å². The van der Waals surface area contributed by atoms with Crippen molar-refractivity contribution in [3.63, 3.8) is 0 Å². The Labute approximate surface area is 233 Å². The number of allylic oxidation sites excluding steroid dienone is 1. The lowest BCUT2D eigenvalue weighted by Crippen LogP contribution is -2.67. The van der Waals surface area contributed by atoms with E-state index in [1.165, 1.54) is 28.8 Å². The minimum atomic E-state index is -4.02. The fourth-order valence-corrected chi connectivity index (χ4v) is 5.29. The Morgan fingerprint density at radius 2 is 1.44 bits per heavy atom. The predicted molar refractivity (Wildman–Crippen MR) is 152 cm³/mol. The number of carbonyl (C=O) groups is 2. The monoisotopic (exact) mass is 568 g/mol. The zero-order valence-corrected chi connectivity index (χ0v) is 23.8. The van der Waals surface area contributed by atoms with E-state index >= 15 is 0 Å². The SMILES string of the molecule is CS[C@@H]1[C@H](N)C(=O)N1C(C(=O)OC(c1ccccc1)c1ccccc1)=C(C)C.Cc1ccc(S(=O)(=O)O)cc1. The fraction of sp³-hybridized carbons (Fsp3) is 0.241. The predicted octanol–water partition coefficient (Wildman–Crippen LogP) is 4.71. The number of hydrogen-bond acceptors (Lipinski definition) is 7. The number of rotatable bonds is 7. The smallest absolute Gasteiger partial charge is 0.355 e.